The molecule has 162 valence electrons. The van der Waals surface area contributed by atoms with Crippen molar-refractivity contribution in [3.05, 3.63) is 23.8 Å². The van der Waals surface area contributed by atoms with Gasteiger partial charge in [0.25, 0.3) is 0 Å². The number of fused-ring (bicyclic) bond motifs is 1. The van der Waals surface area contributed by atoms with E-state index >= 15 is 0 Å². The molecule has 1 saturated heterocycles. The van der Waals surface area contributed by atoms with Crippen LogP contribution in [0.4, 0.5) is 5.69 Å². The normalized spacial score (nSPS) is 19.2. The van der Waals surface area contributed by atoms with Gasteiger partial charge in [0.15, 0.2) is 9.84 Å². The summed E-state index contributed by atoms with van der Waals surface area (Å²) < 4.78 is 49.9. The Balaban J connectivity index is 1.70. The molecule has 0 radical (unpaired) electrons. The van der Waals surface area contributed by atoms with Crippen LogP contribution < -0.4 is 4.90 Å². The van der Waals surface area contributed by atoms with E-state index < -0.39 is 19.9 Å². The Morgan fingerprint density at radius 2 is 1.79 bits per heavy atom. The third kappa shape index (κ3) is 5.00. The minimum Gasteiger partial charge on any atom is -0.312 e. The van der Waals surface area contributed by atoms with E-state index in [0.29, 0.717) is 38.9 Å². The van der Waals surface area contributed by atoms with Gasteiger partial charge in [0, 0.05) is 37.5 Å². The molecule has 1 amide bonds. The first-order chi connectivity index (χ1) is 13.6. The van der Waals surface area contributed by atoms with Crippen molar-refractivity contribution in [3.63, 3.8) is 0 Å². The summed E-state index contributed by atoms with van der Waals surface area (Å²) in [6.07, 6.45) is 5.26. The van der Waals surface area contributed by atoms with E-state index in [1.165, 1.54) is 10.6 Å². The number of benzene rings is 1. The van der Waals surface area contributed by atoms with Gasteiger partial charge in [-0.05, 0) is 55.9 Å². The molecule has 0 N–H and O–H groups in total. The number of piperidine rings is 1. The molecule has 1 aromatic carbocycles. The Hall–Kier alpha value is -1.45. The zero-order valence-corrected chi connectivity index (χ0v) is 18.8. The summed E-state index contributed by atoms with van der Waals surface area (Å²) in [6, 6.07) is 4.96. The Morgan fingerprint density at radius 1 is 1.10 bits per heavy atom. The van der Waals surface area contributed by atoms with Crippen molar-refractivity contribution in [1.29, 1.82) is 0 Å². The second kappa shape index (κ2) is 8.73. The highest BCUT2D eigenvalue weighted by Gasteiger charge is 2.34. The van der Waals surface area contributed by atoms with E-state index in [4.69, 9.17) is 0 Å². The van der Waals surface area contributed by atoms with Crippen LogP contribution in [-0.4, -0.2) is 58.7 Å². The lowest BCUT2D eigenvalue weighted by molar-refractivity contribution is -0.123. The van der Waals surface area contributed by atoms with Crippen LogP contribution in [0.15, 0.2) is 23.1 Å². The van der Waals surface area contributed by atoms with Gasteiger partial charge in [0.1, 0.15) is 0 Å². The van der Waals surface area contributed by atoms with E-state index in [-0.39, 0.29) is 22.5 Å². The second-order valence-corrected chi connectivity index (χ2v) is 12.1. The molecule has 7 nitrogen and oxygen atoms in total. The summed E-state index contributed by atoms with van der Waals surface area (Å²) in [5.74, 6) is -0.0126. The van der Waals surface area contributed by atoms with Crippen LogP contribution in [-0.2, 0) is 31.1 Å². The molecule has 0 atom stereocenters. The number of anilines is 1. The van der Waals surface area contributed by atoms with Crippen molar-refractivity contribution in [2.75, 3.05) is 36.5 Å². The molecule has 0 aliphatic carbocycles. The third-order valence-electron chi connectivity index (χ3n) is 5.82. The largest absolute Gasteiger partial charge is 0.312 e. The number of hydrogen-bond acceptors (Lipinski definition) is 5. The van der Waals surface area contributed by atoms with Gasteiger partial charge in [-0.25, -0.2) is 21.1 Å². The lowest BCUT2D eigenvalue weighted by Crippen LogP contribution is -2.46. The first-order valence-electron chi connectivity index (χ1n) is 10.3. The summed E-state index contributed by atoms with van der Waals surface area (Å²) in [7, 11) is -6.52. The fourth-order valence-electron chi connectivity index (χ4n) is 4.09. The highest BCUT2D eigenvalue weighted by atomic mass is 32.2. The minimum atomic E-state index is -3.29. The van der Waals surface area contributed by atoms with Gasteiger partial charge in [0.05, 0.1) is 10.6 Å². The Kier molecular flexibility index (Phi) is 6.70. The van der Waals surface area contributed by atoms with Gasteiger partial charge in [-0.3, -0.25) is 4.79 Å². The maximum Gasteiger partial charge on any atom is 0.230 e. The Bertz CT molecular complexity index is 965. The number of rotatable bonds is 6. The van der Waals surface area contributed by atoms with E-state index in [9.17, 15) is 21.6 Å². The fraction of sp³-hybridized carbons (Fsp3) is 0.650. The molecular weight excluding hydrogens is 412 g/mol. The van der Waals surface area contributed by atoms with Crippen LogP contribution in [0.3, 0.4) is 0 Å². The number of nitrogens with zero attached hydrogens (tertiary/aromatic N) is 2. The van der Waals surface area contributed by atoms with Gasteiger partial charge >= 0.3 is 0 Å². The van der Waals surface area contributed by atoms with Gasteiger partial charge in [-0.15, -0.1) is 0 Å². The van der Waals surface area contributed by atoms with Gasteiger partial charge in [-0.2, -0.15) is 0 Å². The minimum absolute atomic E-state index is 0.0173. The van der Waals surface area contributed by atoms with Crippen molar-refractivity contribution in [2.45, 2.75) is 50.3 Å². The van der Waals surface area contributed by atoms with Crippen LogP contribution in [0.1, 0.15) is 44.6 Å². The first kappa shape index (κ1) is 22.2. The van der Waals surface area contributed by atoms with Crippen LogP contribution in [0.25, 0.3) is 0 Å². The molecule has 2 aliphatic heterocycles. The molecule has 2 heterocycles. The molecule has 0 unspecified atom stereocenters. The van der Waals surface area contributed by atoms with Gasteiger partial charge < -0.3 is 4.90 Å². The molecular formula is C20H30N2O5S2. The summed E-state index contributed by atoms with van der Waals surface area (Å²) in [5.41, 5.74) is 1.67. The number of sulfone groups is 1. The van der Waals surface area contributed by atoms with E-state index in [1.807, 2.05) is 6.92 Å². The van der Waals surface area contributed by atoms with Crippen molar-refractivity contribution in [3.8, 4) is 0 Å². The number of unbranched alkanes of at least 4 members (excludes halogenated alkanes) is 1. The predicted octanol–water partition coefficient (Wildman–Crippen LogP) is 2.21. The molecule has 9 heteroatoms. The quantitative estimate of drug-likeness (QED) is 0.674. The molecule has 0 bridgehead atoms. The zero-order chi connectivity index (χ0) is 21.2. The van der Waals surface area contributed by atoms with Crippen LogP contribution >= 0.6 is 0 Å². The molecule has 3 rings (SSSR count). The monoisotopic (exact) mass is 442 g/mol. The van der Waals surface area contributed by atoms with Crippen molar-refractivity contribution >= 4 is 31.5 Å². The van der Waals surface area contributed by atoms with Crippen LogP contribution in [0, 0.1) is 5.92 Å². The zero-order valence-electron chi connectivity index (χ0n) is 17.1. The van der Waals surface area contributed by atoms with E-state index in [0.717, 1.165) is 30.5 Å². The Labute approximate surface area is 174 Å². The topological polar surface area (TPSA) is 91.8 Å². The molecule has 1 aromatic rings. The maximum absolute atomic E-state index is 13.2. The number of sulfonamides is 1. The van der Waals surface area contributed by atoms with Crippen molar-refractivity contribution in [2.24, 2.45) is 5.92 Å². The van der Waals surface area contributed by atoms with Crippen molar-refractivity contribution in [1.82, 2.24) is 4.31 Å². The highest BCUT2D eigenvalue weighted by molar-refractivity contribution is 7.90. The molecule has 0 spiro atoms. The summed E-state index contributed by atoms with van der Waals surface area (Å²) in [4.78, 5) is 15.2. The van der Waals surface area contributed by atoms with Crippen molar-refractivity contribution < 1.29 is 21.6 Å². The maximum atomic E-state index is 13.2. The number of carbonyl (C=O) groups excluding carboxylic acids is 1. The lowest BCUT2D eigenvalue weighted by atomic mass is 9.94. The summed E-state index contributed by atoms with van der Waals surface area (Å²) >= 11 is 0. The smallest absolute Gasteiger partial charge is 0.230 e. The summed E-state index contributed by atoms with van der Waals surface area (Å²) in [5, 5.41) is 0. The van der Waals surface area contributed by atoms with Crippen LogP contribution in [0.2, 0.25) is 0 Å². The second-order valence-electron chi connectivity index (χ2n) is 8.00. The average molecular weight is 443 g/mol. The number of amides is 1. The molecule has 2 aliphatic rings. The standard InChI is InChI=1S/C20H30N2O5S2/c1-3-4-14-29(26,27)21-12-9-16(10-13-21)20(23)22-11-5-6-17-15-18(28(2,24)25)7-8-19(17)22/h7-8,15-16H,3-6,9-14H2,1-2H3. The van der Waals surface area contributed by atoms with E-state index in [2.05, 4.69) is 0 Å². The Morgan fingerprint density at radius 3 is 2.41 bits per heavy atom. The van der Waals surface area contributed by atoms with Crippen LogP contribution in [0.5, 0.6) is 0 Å². The molecule has 1 fully saturated rings. The SMILES string of the molecule is CCCCS(=O)(=O)N1CCC(C(=O)N2CCCc3cc(S(C)(=O)=O)ccc32)CC1. The third-order valence-corrected chi connectivity index (χ3v) is 8.88. The fourth-order valence-corrected chi connectivity index (χ4v) is 6.44. The summed E-state index contributed by atoms with van der Waals surface area (Å²) in [6.45, 7) is 3.35. The molecule has 29 heavy (non-hydrogen) atoms. The van der Waals surface area contributed by atoms with Gasteiger partial charge in [0.2, 0.25) is 15.9 Å². The highest BCUT2D eigenvalue weighted by Crippen LogP contribution is 2.32. The average Bonchev–Trinajstić information content (AvgIpc) is 2.70. The lowest BCUT2D eigenvalue weighted by Gasteiger charge is -2.36. The number of hydrogen-bond donors (Lipinski definition) is 0. The first-order valence-corrected chi connectivity index (χ1v) is 13.8. The number of carbonyl (C=O) groups is 1. The predicted molar refractivity (Wildman–Crippen MR) is 113 cm³/mol. The number of aryl methyl sites for hydroxylation is 1. The molecule has 0 aromatic heterocycles. The molecule has 0 saturated carbocycles. The van der Waals surface area contributed by atoms with E-state index in [1.54, 1.807) is 23.1 Å². The van der Waals surface area contributed by atoms with Gasteiger partial charge in [-0.1, -0.05) is 13.3 Å².